The van der Waals surface area contributed by atoms with Crippen LogP contribution in [0, 0.1) is 5.92 Å². The first-order valence-corrected chi connectivity index (χ1v) is 3.87. The lowest BCUT2D eigenvalue weighted by Crippen LogP contribution is -2.26. The summed E-state index contributed by atoms with van der Waals surface area (Å²) in [5, 5.41) is 6.18. The number of carbonyl (C=O) groups excluding carboxylic acids is 1. The number of hydrogen-bond acceptors (Lipinski definition) is 3. The van der Waals surface area contributed by atoms with Gasteiger partial charge in [-0.05, 0) is 5.92 Å². The highest BCUT2D eigenvalue weighted by molar-refractivity contribution is 5.93. The number of aromatic nitrogens is 1. The predicted molar refractivity (Wildman–Crippen MR) is 43.7 cm³/mol. The fourth-order valence-electron chi connectivity index (χ4n) is 0.716. The van der Waals surface area contributed by atoms with Crippen LogP contribution in [0.5, 0.6) is 0 Å². The SMILES string of the molecule is CC(C)CNC(=O)c1cnoc1. The highest BCUT2D eigenvalue weighted by Crippen LogP contribution is 1.96. The maximum absolute atomic E-state index is 11.2. The molecule has 0 atom stereocenters. The average Bonchev–Trinajstić information content (AvgIpc) is 2.51. The number of nitrogens with zero attached hydrogens (tertiary/aromatic N) is 1. The first-order valence-electron chi connectivity index (χ1n) is 3.87. The molecular weight excluding hydrogens is 156 g/mol. The molecule has 1 rings (SSSR count). The molecule has 0 unspecified atom stereocenters. The van der Waals surface area contributed by atoms with E-state index in [0.29, 0.717) is 18.0 Å². The molecule has 1 heterocycles. The van der Waals surface area contributed by atoms with Crippen molar-refractivity contribution in [1.82, 2.24) is 10.5 Å². The lowest BCUT2D eigenvalue weighted by molar-refractivity contribution is 0.0948. The van der Waals surface area contributed by atoms with E-state index in [-0.39, 0.29) is 5.91 Å². The van der Waals surface area contributed by atoms with E-state index in [1.807, 2.05) is 13.8 Å². The van der Waals surface area contributed by atoms with Crippen LogP contribution in [-0.4, -0.2) is 17.6 Å². The van der Waals surface area contributed by atoms with Gasteiger partial charge in [-0.3, -0.25) is 4.79 Å². The molecule has 0 aliphatic rings. The van der Waals surface area contributed by atoms with E-state index in [9.17, 15) is 4.79 Å². The maximum atomic E-state index is 11.2. The molecule has 4 heteroatoms. The molecule has 1 aromatic rings. The standard InChI is InChI=1S/C8H12N2O2/c1-6(2)3-9-8(11)7-4-10-12-5-7/h4-6H,3H2,1-2H3,(H,9,11). The van der Waals surface area contributed by atoms with Crippen molar-refractivity contribution < 1.29 is 9.32 Å². The van der Waals surface area contributed by atoms with Gasteiger partial charge in [0.15, 0.2) is 0 Å². The molecule has 0 aliphatic carbocycles. The predicted octanol–water partition coefficient (Wildman–Crippen LogP) is 1.06. The average molecular weight is 168 g/mol. The summed E-state index contributed by atoms with van der Waals surface area (Å²) >= 11 is 0. The smallest absolute Gasteiger partial charge is 0.256 e. The first kappa shape index (κ1) is 8.77. The van der Waals surface area contributed by atoms with E-state index in [1.165, 1.54) is 12.5 Å². The summed E-state index contributed by atoms with van der Waals surface area (Å²) in [5.74, 6) is 0.318. The summed E-state index contributed by atoms with van der Waals surface area (Å²) in [6, 6.07) is 0. The van der Waals surface area contributed by atoms with Gasteiger partial charge in [-0.25, -0.2) is 0 Å². The molecular formula is C8H12N2O2. The monoisotopic (exact) mass is 168 g/mol. The maximum Gasteiger partial charge on any atom is 0.256 e. The van der Waals surface area contributed by atoms with Crippen LogP contribution in [0.3, 0.4) is 0 Å². The summed E-state index contributed by atoms with van der Waals surface area (Å²) < 4.78 is 4.53. The molecule has 0 bridgehead atoms. The topological polar surface area (TPSA) is 55.1 Å². The van der Waals surface area contributed by atoms with Gasteiger partial charge in [-0.15, -0.1) is 0 Å². The Kier molecular flexibility index (Phi) is 2.85. The molecule has 0 aromatic carbocycles. The van der Waals surface area contributed by atoms with Gasteiger partial charge in [0.05, 0.1) is 11.8 Å². The number of rotatable bonds is 3. The van der Waals surface area contributed by atoms with Crippen molar-refractivity contribution in [3.63, 3.8) is 0 Å². The lowest BCUT2D eigenvalue weighted by atomic mass is 10.2. The quantitative estimate of drug-likeness (QED) is 0.734. The molecule has 1 N–H and O–H groups in total. The van der Waals surface area contributed by atoms with Crippen molar-refractivity contribution in [3.05, 3.63) is 18.0 Å². The van der Waals surface area contributed by atoms with Crippen molar-refractivity contribution in [3.8, 4) is 0 Å². The molecule has 1 amide bonds. The summed E-state index contributed by atoms with van der Waals surface area (Å²) in [7, 11) is 0. The normalized spacial score (nSPS) is 10.2. The van der Waals surface area contributed by atoms with E-state index in [2.05, 4.69) is 15.0 Å². The first-order chi connectivity index (χ1) is 5.70. The van der Waals surface area contributed by atoms with Crippen LogP contribution in [0.4, 0.5) is 0 Å². The second-order valence-electron chi connectivity index (χ2n) is 3.02. The van der Waals surface area contributed by atoms with E-state index in [1.54, 1.807) is 0 Å². The third kappa shape index (κ3) is 2.38. The molecule has 1 aromatic heterocycles. The molecule has 0 aliphatic heterocycles. The minimum atomic E-state index is -0.134. The fourth-order valence-corrected chi connectivity index (χ4v) is 0.716. The van der Waals surface area contributed by atoms with Crippen molar-refractivity contribution in [2.24, 2.45) is 5.92 Å². The van der Waals surface area contributed by atoms with Crippen molar-refractivity contribution >= 4 is 5.91 Å². The summed E-state index contributed by atoms with van der Waals surface area (Å²) in [6.07, 6.45) is 2.73. The Balaban J connectivity index is 2.40. The van der Waals surface area contributed by atoms with E-state index < -0.39 is 0 Å². The fraction of sp³-hybridized carbons (Fsp3) is 0.500. The van der Waals surface area contributed by atoms with Gasteiger partial charge in [0.2, 0.25) is 0 Å². The zero-order valence-electron chi connectivity index (χ0n) is 7.20. The summed E-state index contributed by atoms with van der Waals surface area (Å²) in [6.45, 7) is 4.74. The Morgan fingerprint density at radius 3 is 3.00 bits per heavy atom. The third-order valence-electron chi connectivity index (χ3n) is 1.37. The molecule has 12 heavy (non-hydrogen) atoms. The zero-order chi connectivity index (χ0) is 8.97. The van der Waals surface area contributed by atoms with Crippen LogP contribution in [0.15, 0.2) is 17.0 Å². The van der Waals surface area contributed by atoms with Crippen LogP contribution in [-0.2, 0) is 0 Å². The second kappa shape index (κ2) is 3.90. The van der Waals surface area contributed by atoms with Gasteiger partial charge < -0.3 is 9.84 Å². The van der Waals surface area contributed by atoms with Gasteiger partial charge in [0.1, 0.15) is 6.26 Å². The van der Waals surface area contributed by atoms with E-state index in [4.69, 9.17) is 0 Å². The number of amides is 1. The molecule has 66 valence electrons. The zero-order valence-corrected chi connectivity index (χ0v) is 7.20. The van der Waals surface area contributed by atoms with Crippen LogP contribution in [0.2, 0.25) is 0 Å². The van der Waals surface area contributed by atoms with E-state index >= 15 is 0 Å². The Hall–Kier alpha value is -1.32. The number of nitrogens with one attached hydrogen (secondary N) is 1. The number of hydrogen-bond donors (Lipinski definition) is 1. The molecule has 0 saturated heterocycles. The van der Waals surface area contributed by atoms with Gasteiger partial charge in [-0.1, -0.05) is 19.0 Å². The Labute approximate surface area is 70.9 Å². The van der Waals surface area contributed by atoms with Crippen LogP contribution in [0.1, 0.15) is 24.2 Å². The molecule has 0 fully saturated rings. The van der Waals surface area contributed by atoms with Crippen LogP contribution >= 0.6 is 0 Å². The molecule has 0 spiro atoms. The minimum Gasteiger partial charge on any atom is -0.364 e. The van der Waals surface area contributed by atoms with Crippen molar-refractivity contribution in [2.45, 2.75) is 13.8 Å². The Morgan fingerprint density at radius 1 is 1.75 bits per heavy atom. The largest absolute Gasteiger partial charge is 0.364 e. The van der Waals surface area contributed by atoms with E-state index in [0.717, 1.165) is 0 Å². The van der Waals surface area contributed by atoms with Gasteiger partial charge >= 0.3 is 0 Å². The van der Waals surface area contributed by atoms with Gasteiger partial charge in [-0.2, -0.15) is 0 Å². The minimum absolute atomic E-state index is 0.134. The Morgan fingerprint density at radius 2 is 2.50 bits per heavy atom. The van der Waals surface area contributed by atoms with Gasteiger partial charge in [0, 0.05) is 6.54 Å². The highest BCUT2D eigenvalue weighted by Gasteiger charge is 2.06. The summed E-state index contributed by atoms with van der Waals surface area (Å²) in [4.78, 5) is 11.2. The lowest BCUT2D eigenvalue weighted by Gasteiger charge is -2.04. The highest BCUT2D eigenvalue weighted by atomic mass is 16.5. The molecule has 0 radical (unpaired) electrons. The van der Waals surface area contributed by atoms with Gasteiger partial charge in [0.25, 0.3) is 5.91 Å². The summed E-state index contributed by atoms with van der Waals surface area (Å²) in [5.41, 5.74) is 0.468. The van der Waals surface area contributed by atoms with Crippen LogP contribution < -0.4 is 5.32 Å². The van der Waals surface area contributed by atoms with Crippen molar-refractivity contribution in [1.29, 1.82) is 0 Å². The molecule has 4 nitrogen and oxygen atoms in total. The molecule has 0 saturated carbocycles. The van der Waals surface area contributed by atoms with Crippen molar-refractivity contribution in [2.75, 3.05) is 6.54 Å². The third-order valence-corrected chi connectivity index (χ3v) is 1.37. The Bertz CT molecular complexity index is 242. The van der Waals surface area contributed by atoms with Crippen LogP contribution in [0.25, 0.3) is 0 Å². The second-order valence-corrected chi connectivity index (χ2v) is 3.02. The number of carbonyl (C=O) groups is 1.